The highest BCUT2D eigenvalue weighted by Crippen LogP contribution is 2.26. The molecule has 0 aliphatic heterocycles. The van der Waals surface area contributed by atoms with Crippen molar-refractivity contribution in [3.63, 3.8) is 0 Å². The van der Waals surface area contributed by atoms with E-state index in [4.69, 9.17) is 4.74 Å². The van der Waals surface area contributed by atoms with E-state index in [9.17, 15) is 4.79 Å². The third-order valence-electron chi connectivity index (χ3n) is 3.56. The fourth-order valence-corrected chi connectivity index (χ4v) is 3.18. The molecular weight excluding hydrogens is 401 g/mol. The second-order valence-electron chi connectivity index (χ2n) is 5.36. The molecule has 0 aromatic heterocycles. The Bertz CT molecular complexity index is 656. The molecule has 4 heteroatoms. The van der Waals surface area contributed by atoms with Crippen LogP contribution >= 0.6 is 22.6 Å². The van der Waals surface area contributed by atoms with Crippen molar-refractivity contribution < 1.29 is 9.53 Å². The number of ether oxygens (including phenoxy) is 1. The van der Waals surface area contributed by atoms with Crippen LogP contribution in [0.2, 0.25) is 0 Å². The van der Waals surface area contributed by atoms with Crippen LogP contribution < -0.4 is 5.32 Å². The fraction of sp³-hybridized carbons (Fsp3) is 0.316. The predicted molar refractivity (Wildman–Crippen MR) is 103 cm³/mol. The van der Waals surface area contributed by atoms with Crippen molar-refractivity contribution in [1.29, 1.82) is 0 Å². The summed E-state index contributed by atoms with van der Waals surface area (Å²) in [6.45, 7) is 4.34. The molecule has 0 spiro atoms. The molecule has 0 heterocycles. The maximum absolute atomic E-state index is 11.7. The van der Waals surface area contributed by atoms with Gasteiger partial charge in [-0.1, -0.05) is 43.7 Å². The SMILES string of the molecule is CCCc1cc(NC(=O)OCC)c(I)cc1Cc1ccccc1. The molecule has 122 valence electrons. The van der Waals surface area contributed by atoms with Crippen LogP contribution in [-0.4, -0.2) is 12.7 Å². The molecule has 0 fully saturated rings. The van der Waals surface area contributed by atoms with Gasteiger partial charge in [-0.2, -0.15) is 0 Å². The van der Waals surface area contributed by atoms with E-state index >= 15 is 0 Å². The van der Waals surface area contributed by atoms with Crippen molar-refractivity contribution in [3.05, 3.63) is 62.7 Å². The average molecular weight is 423 g/mol. The molecular formula is C19H22INO2. The number of carbonyl (C=O) groups is 1. The number of hydrogen-bond donors (Lipinski definition) is 1. The average Bonchev–Trinajstić information content (AvgIpc) is 2.53. The monoisotopic (exact) mass is 423 g/mol. The topological polar surface area (TPSA) is 38.3 Å². The first kappa shape index (κ1) is 17.8. The summed E-state index contributed by atoms with van der Waals surface area (Å²) < 4.78 is 6.00. The van der Waals surface area contributed by atoms with Gasteiger partial charge in [0.05, 0.1) is 12.3 Å². The van der Waals surface area contributed by atoms with Crippen LogP contribution in [-0.2, 0) is 17.6 Å². The van der Waals surface area contributed by atoms with Gasteiger partial charge in [0.15, 0.2) is 0 Å². The minimum absolute atomic E-state index is 0.371. The Morgan fingerprint density at radius 3 is 2.52 bits per heavy atom. The Balaban J connectivity index is 2.28. The number of benzene rings is 2. The highest BCUT2D eigenvalue weighted by Gasteiger charge is 2.11. The standard InChI is InChI=1S/C19H22INO2/c1-3-8-15-13-18(21-19(22)23-4-2)17(20)12-16(15)11-14-9-6-5-7-10-14/h5-7,9-10,12-13H,3-4,8,11H2,1-2H3,(H,21,22). The maximum atomic E-state index is 11.7. The van der Waals surface area contributed by atoms with E-state index < -0.39 is 6.09 Å². The molecule has 0 atom stereocenters. The van der Waals surface area contributed by atoms with Crippen molar-refractivity contribution in [2.45, 2.75) is 33.1 Å². The molecule has 0 unspecified atom stereocenters. The second kappa shape index (κ2) is 8.91. The third kappa shape index (κ3) is 5.23. The summed E-state index contributed by atoms with van der Waals surface area (Å²) in [5.41, 5.74) is 4.72. The minimum atomic E-state index is -0.399. The lowest BCUT2D eigenvalue weighted by molar-refractivity contribution is 0.168. The van der Waals surface area contributed by atoms with Crippen LogP contribution in [0.3, 0.4) is 0 Å². The van der Waals surface area contributed by atoms with Crippen molar-refractivity contribution in [3.8, 4) is 0 Å². The molecule has 3 nitrogen and oxygen atoms in total. The van der Waals surface area contributed by atoms with Gasteiger partial charge in [-0.3, -0.25) is 5.32 Å². The number of amides is 1. The van der Waals surface area contributed by atoms with E-state index in [1.165, 1.54) is 16.7 Å². The Morgan fingerprint density at radius 2 is 1.87 bits per heavy atom. The first-order valence-electron chi connectivity index (χ1n) is 7.93. The van der Waals surface area contributed by atoms with Crippen LogP contribution in [0.25, 0.3) is 0 Å². The zero-order chi connectivity index (χ0) is 16.7. The van der Waals surface area contributed by atoms with E-state index in [1.54, 1.807) is 6.92 Å². The molecule has 1 amide bonds. The van der Waals surface area contributed by atoms with E-state index in [0.717, 1.165) is 28.5 Å². The third-order valence-corrected chi connectivity index (χ3v) is 4.45. The van der Waals surface area contributed by atoms with Crippen LogP contribution in [0.4, 0.5) is 10.5 Å². The van der Waals surface area contributed by atoms with Gasteiger partial charge in [0.25, 0.3) is 0 Å². The highest BCUT2D eigenvalue weighted by molar-refractivity contribution is 14.1. The zero-order valence-electron chi connectivity index (χ0n) is 13.6. The molecule has 2 aromatic rings. The molecule has 0 radical (unpaired) electrons. The molecule has 0 bridgehead atoms. The molecule has 0 aliphatic carbocycles. The van der Waals surface area contributed by atoms with Gasteiger partial charge >= 0.3 is 6.09 Å². The summed E-state index contributed by atoms with van der Waals surface area (Å²) in [5, 5.41) is 2.83. The van der Waals surface area contributed by atoms with Crippen LogP contribution in [0.15, 0.2) is 42.5 Å². The van der Waals surface area contributed by atoms with Gasteiger partial charge in [0.2, 0.25) is 0 Å². The lowest BCUT2D eigenvalue weighted by Crippen LogP contribution is -2.14. The van der Waals surface area contributed by atoms with Crippen molar-refractivity contribution in [2.75, 3.05) is 11.9 Å². The highest BCUT2D eigenvalue weighted by atomic mass is 127. The molecule has 23 heavy (non-hydrogen) atoms. The van der Waals surface area contributed by atoms with E-state index in [2.05, 4.69) is 71.2 Å². The van der Waals surface area contributed by atoms with Crippen LogP contribution in [0.5, 0.6) is 0 Å². The summed E-state index contributed by atoms with van der Waals surface area (Å²) in [6, 6.07) is 14.7. The Hall–Kier alpha value is -1.56. The normalized spacial score (nSPS) is 10.4. The summed E-state index contributed by atoms with van der Waals surface area (Å²) in [5.74, 6) is 0. The van der Waals surface area contributed by atoms with Crippen LogP contribution in [0.1, 0.15) is 37.0 Å². The molecule has 1 N–H and O–H groups in total. The van der Waals surface area contributed by atoms with Crippen molar-refractivity contribution in [1.82, 2.24) is 0 Å². The van der Waals surface area contributed by atoms with Crippen molar-refractivity contribution in [2.24, 2.45) is 0 Å². The Labute approximate surface area is 151 Å². The number of hydrogen-bond acceptors (Lipinski definition) is 2. The molecule has 0 saturated heterocycles. The molecule has 0 saturated carbocycles. The summed E-state index contributed by atoms with van der Waals surface area (Å²) in [4.78, 5) is 11.7. The van der Waals surface area contributed by atoms with E-state index in [1.807, 2.05) is 6.07 Å². The van der Waals surface area contributed by atoms with Gasteiger partial charge in [-0.05, 0) is 71.2 Å². The Morgan fingerprint density at radius 1 is 1.13 bits per heavy atom. The van der Waals surface area contributed by atoms with E-state index in [0.29, 0.717) is 6.61 Å². The van der Waals surface area contributed by atoms with Crippen LogP contribution in [0, 0.1) is 3.57 Å². The Kier molecular flexibility index (Phi) is 6.89. The summed E-state index contributed by atoms with van der Waals surface area (Å²) >= 11 is 2.27. The smallest absolute Gasteiger partial charge is 0.411 e. The zero-order valence-corrected chi connectivity index (χ0v) is 15.7. The summed E-state index contributed by atoms with van der Waals surface area (Å²) in [7, 11) is 0. The first-order valence-corrected chi connectivity index (χ1v) is 9.00. The van der Waals surface area contributed by atoms with Gasteiger partial charge < -0.3 is 4.74 Å². The number of aryl methyl sites for hydroxylation is 1. The largest absolute Gasteiger partial charge is 0.450 e. The molecule has 0 aliphatic rings. The number of nitrogens with one attached hydrogen (secondary N) is 1. The van der Waals surface area contributed by atoms with Crippen molar-refractivity contribution >= 4 is 34.4 Å². The minimum Gasteiger partial charge on any atom is -0.450 e. The second-order valence-corrected chi connectivity index (χ2v) is 6.52. The lowest BCUT2D eigenvalue weighted by atomic mass is 9.96. The quantitative estimate of drug-likeness (QED) is 0.632. The number of carbonyl (C=O) groups excluding carboxylic acids is 1. The lowest BCUT2D eigenvalue weighted by Gasteiger charge is -2.14. The van der Waals surface area contributed by atoms with Gasteiger partial charge in [0, 0.05) is 3.57 Å². The fourth-order valence-electron chi connectivity index (χ4n) is 2.51. The van der Waals surface area contributed by atoms with E-state index in [-0.39, 0.29) is 0 Å². The first-order chi connectivity index (χ1) is 11.1. The molecule has 2 aromatic carbocycles. The number of rotatable bonds is 6. The molecule has 2 rings (SSSR count). The maximum Gasteiger partial charge on any atom is 0.411 e. The number of anilines is 1. The summed E-state index contributed by atoms with van der Waals surface area (Å²) in [6.07, 6.45) is 2.58. The van der Waals surface area contributed by atoms with Gasteiger partial charge in [-0.15, -0.1) is 0 Å². The van der Waals surface area contributed by atoms with Gasteiger partial charge in [0.1, 0.15) is 0 Å². The van der Waals surface area contributed by atoms with Gasteiger partial charge in [-0.25, -0.2) is 4.79 Å². The number of halogens is 1. The predicted octanol–water partition coefficient (Wildman–Crippen LogP) is 5.40.